The smallest absolute Gasteiger partial charge is 0.344 e. The maximum absolute atomic E-state index is 11.2. The summed E-state index contributed by atoms with van der Waals surface area (Å²) in [6.07, 6.45) is -1.02. The number of aryl methyl sites for hydroxylation is 1. The third-order valence-corrected chi connectivity index (χ3v) is 2.95. The number of hydrogen-bond acceptors (Lipinski definition) is 4. The Kier molecular flexibility index (Phi) is 3.48. The summed E-state index contributed by atoms with van der Waals surface area (Å²) in [5.41, 5.74) is 0.578. The molecule has 1 aromatic carbocycles. The number of rotatable bonds is 3. The summed E-state index contributed by atoms with van der Waals surface area (Å²) in [5, 5.41) is 9.65. The molecule has 1 unspecified atom stereocenters. The molecule has 0 radical (unpaired) electrons. The molecule has 1 N–H and O–H groups in total. The number of aliphatic carboxylic acids is 1. The Hall–Kier alpha value is -2.01. The average molecular weight is 283 g/mol. The first-order chi connectivity index (χ1) is 8.88. The summed E-state index contributed by atoms with van der Waals surface area (Å²) >= 11 is 5.98. The summed E-state index contributed by atoms with van der Waals surface area (Å²) < 4.78 is 10.3. The van der Waals surface area contributed by atoms with Crippen molar-refractivity contribution in [2.75, 3.05) is 0 Å². The molecule has 0 fully saturated rings. The molecule has 0 saturated carbocycles. The lowest BCUT2D eigenvalue weighted by atomic mass is 10.1. The van der Waals surface area contributed by atoms with Crippen molar-refractivity contribution >= 4 is 28.5 Å². The van der Waals surface area contributed by atoms with Gasteiger partial charge in [-0.1, -0.05) is 11.6 Å². The molecular formula is C13H11ClO5. The van der Waals surface area contributed by atoms with E-state index in [4.69, 9.17) is 25.9 Å². The van der Waals surface area contributed by atoms with Crippen molar-refractivity contribution in [2.24, 2.45) is 0 Å². The van der Waals surface area contributed by atoms with Crippen LogP contribution < -0.4 is 10.4 Å². The van der Waals surface area contributed by atoms with Gasteiger partial charge in [-0.2, -0.15) is 0 Å². The van der Waals surface area contributed by atoms with Crippen LogP contribution in [0.4, 0.5) is 0 Å². The topological polar surface area (TPSA) is 76.7 Å². The number of carbonyl (C=O) groups is 1. The molecule has 19 heavy (non-hydrogen) atoms. The third kappa shape index (κ3) is 2.71. The lowest BCUT2D eigenvalue weighted by Crippen LogP contribution is -2.23. The molecule has 0 saturated heterocycles. The first kappa shape index (κ1) is 13.4. The van der Waals surface area contributed by atoms with E-state index in [1.165, 1.54) is 19.1 Å². The van der Waals surface area contributed by atoms with E-state index in [9.17, 15) is 9.59 Å². The third-order valence-electron chi connectivity index (χ3n) is 2.66. The van der Waals surface area contributed by atoms with E-state index in [0.29, 0.717) is 16.5 Å². The fraction of sp³-hybridized carbons (Fsp3) is 0.231. The summed E-state index contributed by atoms with van der Waals surface area (Å²) in [6.45, 7) is 3.15. The molecule has 0 bridgehead atoms. The first-order valence-corrected chi connectivity index (χ1v) is 5.89. The Morgan fingerprint density at radius 1 is 1.42 bits per heavy atom. The Labute approximate surface area is 113 Å². The van der Waals surface area contributed by atoms with Gasteiger partial charge in [0.25, 0.3) is 0 Å². The molecule has 0 spiro atoms. The highest BCUT2D eigenvalue weighted by atomic mass is 35.5. The highest BCUT2D eigenvalue weighted by Crippen LogP contribution is 2.31. The maximum atomic E-state index is 11.2. The van der Waals surface area contributed by atoms with E-state index in [-0.39, 0.29) is 10.8 Å². The van der Waals surface area contributed by atoms with Gasteiger partial charge in [0, 0.05) is 17.5 Å². The minimum atomic E-state index is -1.09. The van der Waals surface area contributed by atoms with Crippen LogP contribution >= 0.6 is 11.6 Å². The average Bonchev–Trinajstić information content (AvgIpc) is 2.30. The summed E-state index contributed by atoms with van der Waals surface area (Å²) in [7, 11) is 0. The maximum Gasteiger partial charge on any atom is 0.344 e. The Morgan fingerprint density at radius 3 is 2.74 bits per heavy atom. The van der Waals surface area contributed by atoms with Gasteiger partial charge in [-0.05, 0) is 25.5 Å². The van der Waals surface area contributed by atoms with Crippen molar-refractivity contribution in [1.29, 1.82) is 0 Å². The molecular weight excluding hydrogens is 272 g/mol. The number of carboxylic acids is 1. The zero-order valence-electron chi connectivity index (χ0n) is 10.3. The van der Waals surface area contributed by atoms with Crippen molar-refractivity contribution in [3.05, 3.63) is 39.2 Å². The van der Waals surface area contributed by atoms with E-state index >= 15 is 0 Å². The van der Waals surface area contributed by atoms with E-state index in [1.54, 1.807) is 13.0 Å². The molecule has 1 atom stereocenters. The van der Waals surface area contributed by atoms with Crippen LogP contribution in [0.25, 0.3) is 11.0 Å². The number of halogens is 1. The van der Waals surface area contributed by atoms with Crippen molar-refractivity contribution in [3.63, 3.8) is 0 Å². The second-order valence-corrected chi connectivity index (χ2v) is 4.53. The minimum Gasteiger partial charge on any atom is -0.479 e. The molecule has 6 heteroatoms. The van der Waals surface area contributed by atoms with E-state index in [1.807, 2.05) is 0 Å². The van der Waals surface area contributed by atoms with Crippen LogP contribution in [0.1, 0.15) is 12.5 Å². The molecule has 0 aliphatic heterocycles. The van der Waals surface area contributed by atoms with Crippen molar-refractivity contribution < 1.29 is 19.1 Å². The van der Waals surface area contributed by atoms with Crippen LogP contribution in [-0.4, -0.2) is 17.2 Å². The molecule has 0 aliphatic carbocycles. The normalized spacial score (nSPS) is 12.4. The second kappa shape index (κ2) is 4.93. The van der Waals surface area contributed by atoms with Gasteiger partial charge >= 0.3 is 11.6 Å². The number of ether oxygens (including phenoxy) is 1. The SMILES string of the molecule is Cc1cc(=O)oc2cc(Cl)c(OC(C)C(=O)O)cc12. The lowest BCUT2D eigenvalue weighted by molar-refractivity contribution is -0.144. The lowest BCUT2D eigenvalue weighted by Gasteiger charge is -2.12. The van der Waals surface area contributed by atoms with Gasteiger partial charge in [-0.3, -0.25) is 0 Å². The monoisotopic (exact) mass is 282 g/mol. The molecule has 2 rings (SSSR count). The second-order valence-electron chi connectivity index (χ2n) is 4.13. The van der Waals surface area contributed by atoms with Gasteiger partial charge in [0.1, 0.15) is 11.3 Å². The van der Waals surface area contributed by atoms with Gasteiger partial charge in [0.15, 0.2) is 6.10 Å². The van der Waals surface area contributed by atoms with E-state index in [2.05, 4.69) is 0 Å². The highest BCUT2D eigenvalue weighted by molar-refractivity contribution is 6.32. The molecule has 1 heterocycles. The van der Waals surface area contributed by atoms with Crippen LogP contribution in [0.5, 0.6) is 5.75 Å². The van der Waals surface area contributed by atoms with Crippen molar-refractivity contribution in [3.8, 4) is 5.75 Å². The molecule has 5 nitrogen and oxygen atoms in total. The van der Waals surface area contributed by atoms with Gasteiger partial charge in [-0.25, -0.2) is 9.59 Å². The van der Waals surface area contributed by atoms with Gasteiger partial charge in [-0.15, -0.1) is 0 Å². The number of benzene rings is 1. The largest absolute Gasteiger partial charge is 0.479 e. The predicted octanol–water partition coefficient (Wildman–Crippen LogP) is 2.61. The van der Waals surface area contributed by atoms with Gasteiger partial charge in [0.05, 0.1) is 5.02 Å². The van der Waals surface area contributed by atoms with Crippen LogP contribution in [0.15, 0.2) is 27.4 Å². The number of fused-ring (bicyclic) bond motifs is 1. The van der Waals surface area contributed by atoms with Gasteiger partial charge < -0.3 is 14.3 Å². The minimum absolute atomic E-state index is 0.189. The van der Waals surface area contributed by atoms with E-state index < -0.39 is 17.7 Å². The van der Waals surface area contributed by atoms with Crippen LogP contribution in [0.3, 0.4) is 0 Å². The predicted molar refractivity (Wildman–Crippen MR) is 70.0 cm³/mol. The van der Waals surface area contributed by atoms with Crippen LogP contribution in [-0.2, 0) is 4.79 Å². The molecule has 0 aliphatic rings. The summed E-state index contributed by atoms with van der Waals surface area (Å²) in [5.74, 6) is -0.853. The van der Waals surface area contributed by atoms with E-state index in [0.717, 1.165) is 0 Å². The zero-order chi connectivity index (χ0) is 14.2. The first-order valence-electron chi connectivity index (χ1n) is 5.52. The fourth-order valence-electron chi connectivity index (χ4n) is 1.65. The number of hydrogen-bond donors (Lipinski definition) is 1. The Morgan fingerprint density at radius 2 is 2.11 bits per heavy atom. The van der Waals surface area contributed by atoms with Gasteiger partial charge in [0.2, 0.25) is 0 Å². The van der Waals surface area contributed by atoms with Crippen molar-refractivity contribution in [2.45, 2.75) is 20.0 Å². The standard InChI is InChI=1S/C13H11ClO5/c1-6-3-12(15)19-10-5-9(14)11(4-8(6)10)18-7(2)13(16)17/h3-5,7H,1-2H3,(H,16,17). The zero-order valence-corrected chi connectivity index (χ0v) is 11.0. The van der Waals surface area contributed by atoms with Crippen LogP contribution in [0, 0.1) is 6.92 Å². The van der Waals surface area contributed by atoms with Crippen LogP contribution in [0.2, 0.25) is 5.02 Å². The summed E-state index contributed by atoms with van der Waals surface area (Å²) in [4.78, 5) is 22.0. The molecule has 1 aromatic heterocycles. The number of carboxylic acid groups (broad SMARTS) is 1. The summed E-state index contributed by atoms with van der Waals surface area (Å²) in [6, 6.07) is 4.35. The molecule has 100 valence electrons. The fourth-order valence-corrected chi connectivity index (χ4v) is 1.85. The Balaban J connectivity index is 2.55. The highest BCUT2D eigenvalue weighted by Gasteiger charge is 2.16. The molecule has 0 amide bonds. The molecule has 2 aromatic rings. The Bertz CT molecular complexity index is 704. The van der Waals surface area contributed by atoms with Crippen molar-refractivity contribution in [1.82, 2.24) is 0 Å². The quantitative estimate of drug-likeness (QED) is 0.876.